The van der Waals surface area contributed by atoms with E-state index in [1.165, 1.54) is 103 Å². The second kappa shape index (κ2) is 33.3. The summed E-state index contributed by atoms with van der Waals surface area (Å²) in [5, 5.41) is 0. The molecule has 0 spiro atoms. The van der Waals surface area contributed by atoms with E-state index in [-0.39, 0.29) is 31.1 Å². The molecule has 0 bridgehead atoms. The molecule has 0 N–H and O–H groups in total. The second-order valence-electron chi connectivity index (χ2n) is 12.5. The Bertz CT molecular complexity index is 635. The van der Waals surface area contributed by atoms with Crippen molar-refractivity contribution in [2.75, 3.05) is 13.2 Å². The fourth-order valence-corrected chi connectivity index (χ4v) is 5.26. The van der Waals surface area contributed by atoms with Crippen LogP contribution in [0.3, 0.4) is 0 Å². The third-order valence-corrected chi connectivity index (χ3v) is 8.11. The first-order chi connectivity index (χ1) is 21.0. The Morgan fingerprint density at radius 3 is 0.977 bits per heavy atom. The number of carbonyl (C=O) groups excluding carboxylic acids is 3. The lowest BCUT2D eigenvalue weighted by molar-refractivity contribution is -0.167. The Balaban J connectivity index is 4.18. The molecular formula is C37H70O6. The fraction of sp³-hybridized carbons (Fsp3) is 0.919. The van der Waals surface area contributed by atoms with Gasteiger partial charge in [0.2, 0.25) is 0 Å². The highest BCUT2D eigenvalue weighted by atomic mass is 16.6. The molecule has 1 unspecified atom stereocenters. The zero-order valence-corrected chi connectivity index (χ0v) is 28.7. The van der Waals surface area contributed by atoms with Gasteiger partial charge in [-0.25, -0.2) is 0 Å². The average Bonchev–Trinajstić information content (AvgIpc) is 3.00. The van der Waals surface area contributed by atoms with Crippen molar-refractivity contribution in [3.05, 3.63) is 0 Å². The summed E-state index contributed by atoms with van der Waals surface area (Å²) in [4.78, 5) is 36.9. The van der Waals surface area contributed by atoms with Crippen LogP contribution in [-0.2, 0) is 28.6 Å². The third kappa shape index (κ3) is 31.6. The minimum Gasteiger partial charge on any atom is -0.462 e. The minimum atomic E-state index is -0.753. The molecular weight excluding hydrogens is 540 g/mol. The van der Waals surface area contributed by atoms with Gasteiger partial charge in [-0.05, 0) is 19.3 Å². The van der Waals surface area contributed by atoms with E-state index in [1.807, 2.05) is 0 Å². The van der Waals surface area contributed by atoms with Gasteiger partial charge in [0, 0.05) is 19.3 Å². The van der Waals surface area contributed by atoms with Crippen molar-refractivity contribution in [1.29, 1.82) is 0 Å². The monoisotopic (exact) mass is 611 g/mol. The first-order valence-electron chi connectivity index (χ1n) is 18.5. The van der Waals surface area contributed by atoms with E-state index in [1.54, 1.807) is 0 Å². The van der Waals surface area contributed by atoms with E-state index in [0.717, 1.165) is 57.8 Å². The SMILES string of the molecule is CCCCCCCCCCCCCC(=O)OCC(COC(=O)CCCCC)OC(=O)CCCCCCCCCCCCC. The first-order valence-corrected chi connectivity index (χ1v) is 18.5. The lowest BCUT2D eigenvalue weighted by Gasteiger charge is -2.18. The highest BCUT2D eigenvalue weighted by Gasteiger charge is 2.19. The van der Waals surface area contributed by atoms with Crippen LogP contribution in [0.15, 0.2) is 0 Å². The number of hydrogen-bond donors (Lipinski definition) is 0. The molecule has 0 aromatic carbocycles. The minimum absolute atomic E-state index is 0.0664. The molecule has 0 rings (SSSR count). The zero-order valence-electron chi connectivity index (χ0n) is 28.7. The van der Waals surface area contributed by atoms with E-state index >= 15 is 0 Å². The molecule has 0 aliphatic heterocycles. The van der Waals surface area contributed by atoms with Gasteiger partial charge in [-0.2, -0.15) is 0 Å². The standard InChI is InChI=1S/C37H70O6/c1-4-7-10-12-14-16-18-20-22-24-27-30-36(39)42-33-34(32-41-35(38)29-26-9-6-3)43-37(40)31-28-25-23-21-19-17-15-13-11-8-5-2/h34H,4-33H2,1-3H3. The van der Waals surface area contributed by atoms with Gasteiger partial charge in [0.15, 0.2) is 6.10 Å². The van der Waals surface area contributed by atoms with E-state index in [0.29, 0.717) is 19.3 Å². The molecule has 6 heteroatoms. The number of rotatable bonds is 33. The van der Waals surface area contributed by atoms with E-state index in [9.17, 15) is 14.4 Å². The molecule has 0 aliphatic carbocycles. The Morgan fingerprint density at radius 1 is 0.372 bits per heavy atom. The van der Waals surface area contributed by atoms with Crippen molar-refractivity contribution in [3.63, 3.8) is 0 Å². The summed E-state index contributed by atoms with van der Waals surface area (Å²) < 4.78 is 16.4. The summed E-state index contributed by atoms with van der Waals surface area (Å²) in [7, 11) is 0. The van der Waals surface area contributed by atoms with E-state index < -0.39 is 6.10 Å². The predicted octanol–water partition coefficient (Wildman–Crippen LogP) is 11.0. The normalized spacial score (nSPS) is 11.8. The van der Waals surface area contributed by atoms with Gasteiger partial charge in [0.1, 0.15) is 13.2 Å². The van der Waals surface area contributed by atoms with Crippen molar-refractivity contribution in [2.24, 2.45) is 0 Å². The van der Waals surface area contributed by atoms with Gasteiger partial charge in [-0.15, -0.1) is 0 Å². The van der Waals surface area contributed by atoms with Crippen LogP contribution in [-0.4, -0.2) is 37.2 Å². The Labute approximate surface area is 266 Å². The van der Waals surface area contributed by atoms with Gasteiger partial charge < -0.3 is 14.2 Å². The van der Waals surface area contributed by atoms with E-state index in [2.05, 4.69) is 20.8 Å². The quantitative estimate of drug-likeness (QED) is 0.0418. The maximum atomic E-state index is 12.5. The van der Waals surface area contributed by atoms with Gasteiger partial charge in [0.05, 0.1) is 0 Å². The maximum Gasteiger partial charge on any atom is 0.306 e. The van der Waals surface area contributed by atoms with Crippen LogP contribution in [0.2, 0.25) is 0 Å². The van der Waals surface area contributed by atoms with Crippen molar-refractivity contribution < 1.29 is 28.6 Å². The summed E-state index contributed by atoms with van der Waals surface area (Å²) >= 11 is 0. The van der Waals surface area contributed by atoms with E-state index in [4.69, 9.17) is 14.2 Å². The Kier molecular flexibility index (Phi) is 32.1. The number of unbranched alkanes of at least 4 members (excludes halogenated alkanes) is 22. The van der Waals surface area contributed by atoms with Crippen LogP contribution in [0, 0.1) is 0 Å². The van der Waals surface area contributed by atoms with Crippen LogP contribution in [0.4, 0.5) is 0 Å². The molecule has 254 valence electrons. The van der Waals surface area contributed by atoms with Gasteiger partial charge in [0.25, 0.3) is 0 Å². The van der Waals surface area contributed by atoms with Crippen LogP contribution >= 0.6 is 0 Å². The molecule has 1 atom stereocenters. The second-order valence-corrected chi connectivity index (χ2v) is 12.5. The Hall–Kier alpha value is -1.59. The fourth-order valence-electron chi connectivity index (χ4n) is 5.26. The molecule has 0 heterocycles. The van der Waals surface area contributed by atoms with Gasteiger partial charge in [-0.3, -0.25) is 14.4 Å². The first kappa shape index (κ1) is 41.4. The number of carbonyl (C=O) groups is 3. The summed E-state index contributed by atoms with van der Waals surface area (Å²) in [5.41, 5.74) is 0. The number of hydrogen-bond acceptors (Lipinski definition) is 6. The largest absolute Gasteiger partial charge is 0.462 e. The molecule has 0 aliphatic rings. The summed E-state index contributed by atoms with van der Waals surface area (Å²) in [6.07, 6.45) is 30.0. The molecule has 0 amide bonds. The molecule has 0 saturated carbocycles. The summed E-state index contributed by atoms with van der Waals surface area (Å²) in [5.74, 6) is -0.895. The maximum absolute atomic E-state index is 12.5. The third-order valence-electron chi connectivity index (χ3n) is 8.11. The molecule has 0 aromatic heterocycles. The smallest absolute Gasteiger partial charge is 0.306 e. The van der Waals surface area contributed by atoms with Crippen molar-refractivity contribution in [2.45, 2.75) is 207 Å². The highest BCUT2D eigenvalue weighted by Crippen LogP contribution is 2.14. The molecule has 43 heavy (non-hydrogen) atoms. The number of esters is 3. The van der Waals surface area contributed by atoms with Crippen molar-refractivity contribution >= 4 is 17.9 Å². The molecule has 6 nitrogen and oxygen atoms in total. The molecule has 0 radical (unpaired) electrons. The molecule has 0 saturated heterocycles. The Morgan fingerprint density at radius 2 is 0.628 bits per heavy atom. The predicted molar refractivity (Wildman–Crippen MR) is 178 cm³/mol. The zero-order chi connectivity index (χ0) is 31.6. The van der Waals surface area contributed by atoms with Crippen LogP contribution in [0.5, 0.6) is 0 Å². The summed E-state index contributed by atoms with van der Waals surface area (Å²) in [6.45, 7) is 6.44. The van der Waals surface area contributed by atoms with Crippen molar-refractivity contribution in [1.82, 2.24) is 0 Å². The van der Waals surface area contributed by atoms with Crippen LogP contribution in [0.1, 0.15) is 201 Å². The van der Waals surface area contributed by atoms with Crippen LogP contribution < -0.4 is 0 Å². The van der Waals surface area contributed by atoms with Gasteiger partial charge >= 0.3 is 17.9 Å². The lowest BCUT2D eigenvalue weighted by Crippen LogP contribution is -2.30. The van der Waals surface area contributed by atoms with Crippen molar-refractivity contribution in [3.8, 4) is 0 Å². The highest BCUT2D eigenvalue weighted by molar-refractivity contribution is 5.71. The van der Waals surface area contributed by atoms with Gasteiger partial charge in [-0.1, -0.05) is 162 Å². The van der Waals surface area contributed by atoms with Crippen LogP contribution in [0.25, 0.3) is 0 Å². The summed E-state index contributed by atoms with van der Waals surface area (Å²) in [6, 6.07) is 0. The lowest BCUT2D eigenvalue weighted by atomic mass is 10.1. The topological polar surface area (TPSA) is 78.9 Å². The number of ether oxygens (including phenoxy) is 3. The average molecular weight is 611 g/mol. The molecule has 0 aromatic rings. The molecule has 0 fully saturated rings.